The number of aliphatic carboxylic acids is 1. The van der Waals surface area contributed by atoms with Crippen LogP contribution in [0.1, 0.15) is 78.2 Å². The molecule has 0 spiro atoms. The molecular weight excluding hydrogens is 404 g/mol. The van der Waals surface area contributed by atoms with Crippen molar-refractivity contribution in [3.05, 3.63) is 36.2 Å². The van der Waals surface area contributed by atoms with Crippen LogP contribution < -0.4 is 15.0 Å². The normalized spacial score (nSPS) is 11.9. The maximum absolute atomic E-state index is 11.4. The fourth-order valence-corrected chi connectivity index (χ4v) is 4.08. The molecular formula is C25H38N4O3. The number of carboxylic acids is 1. The van der Waals surface area contributed by atoms with Gasteiger partial charge in [0.05, 0.1) is 42.5 Å². The third-order valence-electron chi connectivity index (χ3n) is 5.74. The highest BCUT2D eigenvalue weighted by Gasteiger charge is 2.21. The van der Waals surface area contributed by atoms with Gasteiger partial charge in [-0.2, -0.15) is 0 Å². The summed E-state index contributed by atoms with van der Waals surface area (Å²) in [6, 6.07) is 7.08. The number of carbonyl (C=O) groups is 1. The van der Waals surface area contributed by atoms with Crippen LogP contribution in [0.4, 0.5) is 17.1 Å². The summed E-state index contributed by atoms with van der Waals surface area (Å²) in [5.74, 6) is -0.813. The first-order valence-electron chi connectivity index (χ1n) is 11.8. The summed E-state index contributed by atoms with van der Waals surface area (Å²) < 4.78 is 5.35. The molecule has 0 fully saturated rings. The van der Waals surface area contributed by atoms with E-state index in [9.17, 15) is 9.90 Å². The topological polar surface area (TPSA) is 87.6 Å². The fraction of sp³-hybridized carbons (Fsp3) is 0.560. The molecule has 1 heterocycles. The molecule has 7 heteroatoms. The molecule has 0 unspecified atom stereocenters. The SMILES string of the molecule is CCCN(c1ccc([C@H](CC)CC(=O)O)cc1Nc1cnc(OCC)nc1)C(CC)CC. The van der Waals surface area contributed by atoms with Gasteiger partial charge in [-0.15, -0.1) is 0 Å². The largest absolute Gasteiger partial charge is 0.481 e. The Balaban J connectivity index is 2.49. The van der Waals surface area contributed by atoms with Crippen molar-refractivity contribution in [2.45, 2.75) is 78.7 Å². The Morgan fingerprint density at radius 2 is 1.78 bits per heavy atom. The first kappa shape index (κ1) is 25.4. The summed E-state index contributed by atoms with van der Waals surface area (Å²) in [4.78, 5) is 22.4. The zero-order valence-corrected chi connectivity index (χ0v) is 20.1. The van der Waals surface area contributed by atoms with Crippen LogP contribution in [0.15, 0.2) is 30.6 Å². The Morgan fingerprint density at radius 3 is 2.31 bits per heavy atom. The van der Waals surface area contributed by atoms with Crippen LogP contribution in [-0.2, 0) is 4.79 Å². The molecule has 2 rings (SSSR count). The molecule has 0 aliphatic heterocycles. The van der Waals surface area contributed by atoms with Crippen LogP contribution in [0, 0.1) is 0 Å². The van der Waals surface area contributed by atoms with Crippen molar-refractivity contribution < 1.29 is 14.6 Å². The summed E-state index contributed by atoms with van der Waals surface area (Å²) in [6.07, 6.45) is 7.46. The number of rotatable bonds is 14. The summed E-state index contributed by atoms with van der Waals surface area (Å²) in [6.45, 7) is 12.0. The molecule has 2 aromatic rings. The Bertz CT molecular complexity index is 838. The lowest BCUT2D eigenvalue weighted by atomic mass is 9.92. The zero-order valence-electron chi connectivity index (χ0n) is 20.1. The van der Waals surface area contributed by atoms with Gasteiger partial charge in [0, 0.05) is 12.6 Å². The lowest BCUT2D eigenvalue weighted by molar-refractivity contribution is -0.137. The fourth-order valence-electron chi connectivity index (χ4n) is 4.08. The highest BCUT2D eigenvalue weighted by Crippen LogP contribution is 2.36. The molecule has 1 aromatic heterocycles. The number of nitrogens with one attached hydrogen (secondary N) is 1. The third-order valence-corrected chi connectivity index (χ3v) is 5.74. The highest BCUT2D eigenvalue weighted by atomic mass is 16.5. The molecule has 0 aliphatic carbocycles. The van der Waals surface area contributed by atoms with E-state index < -0.39 is 5.97 Å². The molecule has 0 saturated heterocycles. The van der Waals surface area contributed by atoms with Crippen LogP contribution in [-0.4, -0.2) is 40.2 Å². The molecule has 1 aromatic carbocycles. The number of anilines is 3. The Hall–Kier alpha value is -2.83. The van der Waals surface area contributed by atoms with Gasteiger partial charge < -0.3 is 20.1 Å². The monoisotopic (exact) mass is 442 g/mol. The van der Waals surface area contributed by atoms with Crippen molar-refractivity contribution in [2.24, 2.45) is 0 Å². The summed E-state index contributed by atoms with van der Waals surface area (Å²) in [5.41, 5.74) is 3.84. The standard InChI is InChI=1S/C25H38N4O3/c1-6-13-29(21(8-3)9-4)23-12-11-19(18(7-2)15-24(30)31)14-22(23)28-20-16-26-25(27-17-20)32-10-5/h11-12,14,16-18,21,28H,6-10,13,15H2,1-5H3,(H,30,31)/t18-/m1/s1. The minimum Gasteiger partial charge on any atom is -0.481 e. The molecule has 1 atom stereocenters. The molecule has 176 valence electrons. The minimum atomic E-state index is -0.778. The molecule has 0 aliphatic rings. The van der Waals surface area contributed by atoms with E-state index in [1.807, 2.05) is 13.8 Å². The molecule has 32 heavy (non-hydrogen) atoms. The van der Waals surface area contributed by atoms with E-state index in [4.69, 9.17) is 4.74 Å². The van der Waals surface area contributed by atoms with Crippen LogP contribution in [0.5, 0.6) is 6.01 Å². The number of ether oxygens (including phenoxy) is 1. The van der Waals surface area contributed by atoms with Crippen molar-refractivity contribution in [1.82, 2.24) is 9.97 Å². The van der Waals surface area contributed by atoms with Crippen molar-refractivity contribution in [3.63, 3.8) is 0 Å². The van der Waals surface area contributed by atoms with Gasteiger partial charge in [-0.1, -0.05) is 33.8 Å². The van der Waals surface area contributed by atoms with Gasteiger partial charge in [0.2, 0.25) is 0 Å². The zero-order chi connectivity index (χ0) is 23.5. The van der Waals surface area contributed by atoms with Gasteiger partial charge in [-0.05, 0) is 56.2 Å². The predicted molar refractivity (Wildman–Crippen MR) is 130 cm³/mol. The molecule has 0 amide bonds. The van der Waals surface area contributed by atoms with Crippen LogP contribution in [0.2, 0.25) is 0 Å². The Labute approximate surface area is 192 Å². The van der Waals surface area contributed by atoms with Gasteiger partial charge >= 0.3 is 12.0 Å². The van der Waals surface area contributed by atoms with Crippen molar-refractivity contribution >= 4 is 23.0 Å². The lowest BCUT2D eigenvalue weighted by Crippen LogP contribution is -2.35. The smallest absolute Gasteiger partial charge is 0.316 e. The first-order valence-corrected chi connectivity index (χ1v) is 11.8. The van der Waals surface area contributed by atoms with E-state index in [2.05, 4.69) is 59.2 Å². The molecule has 0 bridgehead atoms. The maximum atomic E-state index is 11.4. The number of carboxylic acid groups (broad SMARTS) is 1. The number of aromatic nitrogens is 2. The quantitative estimate of drug-likeness (QED) is 0.371. The molecule has 2 N–H and O–H groups in total. The van der Waals surface area contributed by atoms with E-state index in [0.29, 0.717) is 18.7 Å². The molecule has 0 radical (unpaired) electrons. The van der Waals surface area contributed by atoms with Gasteiger partial charge in [-0.25, -0.2) is 9.97 Å². The van der Waals surface area contributed by atoms with Crippen LogP contribution in [0.3, 0.4) is 0 Å². The Morgan fingerprint density at radius 1 is 1.09 bits per heavy atom. The summed E-state index contributed by atoms with van der Waals surface area (Å²) >= 11 is 0. The minimum absolute atomic E-state index is 0.0357. The van der Waals surface area contributed by atoms with Crippen LogP contribution >= 0.6 is 0 Å². The van der Waals surface area contributed by atoms with Gasteiger partial charge in [0.25, 0.3) is 0 Å². The van der Waals surface area contributed by atoms with Gasteiger partial charge in [-0.3, -0.25) is 4.79 Å². The van der Waals surface area contributed by atoms with Crippen LogP contribution in [0.25, 0.3) is 0 Å². The van der Waals surface area contributed by atoms with E-state index in [1.165, 1.54) is 0 Å². The van der Waals surface area contributed by atoms with Gasteiger partial charge in [0.15, 0.2) is 0 Å². The number of nitrogens with zero attached hydrogens (tertiary/aromatic N) is 3. The van der Waals surface area contributed by atoms with E-state index in [-0.39, 0.29) is 12.3 Å². The van der Waals surface area contributed by atoms with Crippen molar-refractivity contribution in [1.29, 1.82) is 0 Å². The number of benzene rings is 1. The second kappa shape index (κ2) is 12.9. The average molecular weight is 443 g/mol. The maximum Gasteiger partial charge on any atom is 0.316 e. The van der Waals surface area contributed by atoms with Gasteiger partial charge in [0.1, 0.15) is 0 Å². The predicted octanol–water partition coefficient (Wildman–Crippen LogP) is 5.99. The third kappa shape index (κ3) is 6.84. The van der Waals surface area contributed by atoms with Crippen molar-refractivity contribution in [3.8, 4) is 6.01 Å². The second-order valence-electron chi connectivity index (χ2n) is 7.96. The van der Waals surface area contributed by atoms with E-state index in [0.717, 1.165) is 54.9 Å². The number of hydrogen-bond donors (Lipinski definition) is 2. The average Bonchev–Trinajstić information content (AvgIpc) is 2.79. The Kier molecular flexibility index (Phi) is 10.2. The first-order chi connectivity index (χ1) is 15.5. The van der Waals surface area contributed by atoms with E-state index >= 15 is 0 Å². The second-order valence-corrected chi connectivity index (χ2v) is 7.96. The lowest BCUT2D eigenvalue weighted by Gasteiger charge is -2.34. The number of hydrogen-bond acceptors (Lipinski definition) is 6. The summed E-state index contributed by atoms with van der Waals surface area (Å²) in [5, 5.41) is 12.8. The van der Waals surface area contributed by atoms with Crippen molar-refractivity contribution in [2.75, 3.05) is 23.4 Å². The van der Waals surface area contributed by atoms with E-state index in [1.54, 1.807) is 12.4 Å². The highest BCUT2D eigenvalue weighted by molar-refractivity contribution is 5.77. The molecule has 0 saturated carbocycles. The summed E-state index contributed by atoms with van der Waals surface area (Å²) in [7, 11) is 0. The molecule has 7 nitrogen and oxygen atoms in total.